The summed E-state index contributed by atoms with van der Waals surface area (Å²) in [5.41, 5.74) is 13.6. The van der Waals surface area contributed by atoms with Gasteiger partial charge in [-0.15, -0.1) is 12.8 Å². The zero-order valence-corrected chi connectivity index (χ0v) is 64.2. The molecule has 1 amide bonds. The van der Waals surface area contributed by atoms with Crippen LogP contribution in [0.25, 0.3) is 0 Å². The molecule has 3 saturated carbocycles. The lowest BCUT2D eigenvalue weighted by Crippen LogP contribution is -2.46. The van der Waals surface area contributed by atoms with Crippen LogP contribution in [0.4, 0.5) is 0 Å². The number of nitrogens with two attached hydrogens (primary N) is 1. The number of esters is 1. The summed E-state index contributed by atoms with van der Waals surface area (Å²) in [6.45, 7) is 22.0. The molecule has 0 unspecified atom stereocenters. The predicted molar refractivity (Wildman–Crippen MR) is 406 cm³/mol. The zero-order valence-electron chi connectivity index (χ0n) is 63.3. The van der Waals surface area contributed by atoms with Crippen LogP contribution in [0.5, 0.6) is 11.8 Å². The van der Waals surface area contributed by atoms with Gasteiger partial charge in [-0.2, -0.15) is 8.42 Å². The standard InChI is InChI=1S/2C18H27N3O.C10H18N2.C10H19NO3S.C9H12N2O.C6H11NO.C5H6O2.C3H3NO/c2*1-20-10-9-17-14(13-20)5-6-18(19-17)22-16-7-11-21(12-8-16)15-3-2-4-15;1-11-8-4-10(5-9-11)12-6-2-3-7-12;1-15(12,13)14-10-5-7-11(8-6-10)9-3-2-4-9;1-11-5-4-8-7(6-11)2-3-9(12)10-8;1-7-4-2-6(8)3-5-7;1-3-5(6)7-4-2;1-2-3(4)5/h2*5-6,15-16H,2-4,7-13H2,1H3;4H,2-3,5-9H2,1H3;9-10H,2-8H2,1H3;2-3H,4-6H2,1H3,(H,10,12);2-5H2,1H3;1H,4H2,2H3;1H,(H2,4,5). The van der Waals surface area contributed by atoms with Crippen LogP contribution in [0.2, 0.25) is 0 Å². The van der Waals surface area contributed by atoms with Crippen molar-refractivity contribution >= 4 is 27.8 Å². The summed E-state index contributed by atoms with van der Waals surface area (Å²) in [6.07, 6.45) is 40.6. The van der Waals surface area contributed by atoms with Crippen molar-refractivity contribution in [2.45, 2.75) is 211 Å². The fourth-order valence-corrected chi connectivity index (χ4v) is 15.5. The molecule has 12 aliphatic rings. The second-order valence-corrected chi connectivity index (χ2v) is 31.5. The molecule has 0 aromatic carbocycles. The van der Waals surface area contributed by atoms with Crippen LogP contribution in [-0.4, -0.2) is 268 Å². The molecule has 570 valence electrons. The van der Waals surface area contributed by atoms with Crippen LogP contribution < -0.4 is 20.8 Å². The van der Waals surface area contributed by atoms with Crippen molar-refractivity contribution in [3.63, 3.8) is 0 Å². The van der Waals surface area contributed by atoms with Gasteiger partial charge >= 0.3 is 5.97 Å². The number of ether oxygens (including phenoxy) is 3. The quantitative estimate of drug-likeness (QED) is 0.0839. The van der Waals surface area contributed by atoms with E-state index in [1.54, 1.807) is 30.5 Å². The van der Waals surface area contributed by atoms with Gasteiger partial charge in [0.05, 0.1) is 30.4 Å². The number of nitrogens with zero attached hydrogens (tertiary/aromatic N) is 11. The number of H-pyrrole nitrogens is 1. The molecule has 0 radical (unpaired) electrons. The van der Waals surface area contributed by atoms with Gasteiger partial charge < -0.3 is 69.0 Å². The molecular formula is C79H123N13O10S. The molecule has 23 nitrogen and oxygen atoms in total. The van der Waals surface area contributed by atoms with E-state index in [4.69, 9.17) is 23.6 Å². The van der Waals surface area contributed by atoms with Gasteiger partial charge in [0.1, 0.15) is 18.0 Å². The lowest BCUT2D eigenvalue weighted by molar-refractivity contribution is -0.136. The third-order valence-corrected chi connectivity index (χ3v) is 22.4. The number of amides is 1. The Balaban J connectivity index is 0.000000156. The van der Waals surface area contributed by atoms with E-state index in [2.05, 4.69) is 131 Å². The number of terminal acetylenes is 2. The molecule has 103 heavy (non-hydrogen) atoms. The van der Waals surface area contributed by atoms with Crippen molar-refractivity contribution in [2.75, 3.05) is 146 Å². The highest BCUT2D eigenvalue weighted by molar-refractivity contribution is 7.86. The van der Waals surface area contributed by atoms with E-state index in [0.717, 1.165) is 184 Å². The second kappa shape index (κ2) is 42.8. The van der Waals surface area contributed by atoms with Gasteiger partial charge in [0, 0.05) is 204 Å². The number of pyridine rings is 3. The van der Waals surface area contributed by atoms with E-state index in [1.807, 2.05) is 13.1 Å². The minimum Gasteiger partial charge on any atom is -0.474 e. The Labute approximate surface area is 616 Å². The number of fused-ring (bicyclic) bond motifs is 3. The molecule has 0 bridgehead atoms. The number of aromatic nitrogens is 3. The van der Waals surface area contributed by atoms with E-state index >= 15 is 0 Å². The fourth-order valence-electron chi connectivity index (χ4n) is 14.8. The maximum Gasteiger partial charge on any atom is 0.384 e. The number of likely N-dealkylation sites (tertiary alicyclic amines) is 5. The van der Waals surface area contributed by atoms with Crippen LogP contribution >= 0.6 is 0 Å². The summed E-state index contributed by atoms with van der Waals surface area (Å²) in [4.78, 5) is 75.1. The summed E-state index contributed by atoms with van der Waals surface area (Å²) in [5, 5.41) is 0. The van der Waals surface area contributed by atoms with Gasteiger partial charge in [-0.3, -0.25) is 18.6 Å². The summed E-state index contributed by atoms with van der Waals surface area (Å²) in [5.74, 6) is 4.26. The first kappa shape index (κ1) is 82.4. The van der Waals surface area contributed by atoms with Gasteiger partial charge in [0.2, 0.25) is 17.3 Å². The summed E-state index contributed by atoms with van der Waals surface area (Å²) in [7, 11) is 7.40. The number of aromatic amines is 1. The van der Waals surface area contributed by atoms with E-state index < -0.39 is 22.0 Å². The molecule has 0 atom stereocenters. The first-order valence-corrected chi connectivity index (χ1v) is 40.3. The van der Waals surface area contributed by atoms with Crippen molar-refractivity contribution in [2.24, 2.45) is 5.73 Å². The van der Waals surface area contributed by atoms with E-state index in [1.165, 1.54) is 151 Å². The van der Waals surface area contributed by atoms with Gasteiger partial charge in [0.15, 0.2) is 0 Å². The average molecular weight is 1450 g/mol. The van der Waals surface area contributed by atoms with Gasteiger partial charge in [-0.25, -0.2) is 14.8 Å². The molecule has 3 aromatic rings. The van der Waals surface area contributed by atoms with E-state index in [-0.39, 0.29) is 11.7 Å². The Bertz CT molecular complexity index is 3300. The monoisotopic (exact) mass is 1450 g/mol. The maximum absolute atomic E-state index is 11.0. The highest BCUT2D eigenvalue weighted by Gasteiger charge is 2.33. The Morgan fingerprint density at radius 1 is 0.524 bits per heavy atom. The number of carbonyl (C=O) groups is 3. The van der Waals surface area contributed by atoms with Crippen LogP contribution in [0, 0.1) is 24.7 Å². The molecule has 3 N–H and O–H groups in total. The van der Waals surface area contributed by atoms with Crippen LogP contribution in [0.1, 0.15) is 169 Å². The van der Waals surface area contributed by atoms with E-state index in [0.29, 0.717) is 24.6 Å². The third-order valence-electron chi connectivity index (χ3n) is 21.8. The highest BCUT2D eigenvalue weighted by atomic mass is 32.2. The number of rotatable bonds is 11. The Morgan fingerprint density at radius 2 is 0.942 bits per heavy atom. The minimum absolute atomic E-state index is 0.0123. The SMILES string of the molecule is C#CC(=O)OCC.C#CC(N)=O.CN1CC=C(N2CCCC2)CC1.CN1CCC(=O)CC1.CN1CCc2[nH]c(=O)ccc2C1.CN1CCc2nc(OC3CCN(C4CCC4)CC3)ccc2C1.CN1CCc2nc(OC3CCN(C4CCC4)CC3)ccc2C1.CS(=O)(=O)OC1CCN(C2CCC2)CC1. The summed E-state index contributed by atoms with van der Waals surface area (Å²) < 4.78 is 43.6. The molecule has 24 heteroatoms. The van der Waals surface area contributed by atoms with Crippen molar-refractivity contribution in [3.05, 3.63) is 92.3 Å². The number of likely N-dealkylation sites (N-methyl/N-ethyl adjacent to an activating group) is 4. The lowest BCUT2D eigenvalue weighted by atomic mass is 9.90. The molecule has 5 saturated heterocycles. The Kier molecular flexibility index (Phi) is 34.2. The third kappa shape index (κ3) is 28.8. The van der Waals surface area contributed by atoms with Crippen LogP contribution in [0.3, 0.4) is 0 Å². The summed E-state index contributed by atoms with van der Waals surface area (Å²) >= 11 is 0. The van der Waals surface area contributed by atoms with Gasteiger partial charge in [-0.1, -0.05) is 43.5 Å². The van der Waals surface area contributed by atoms with Crippen LogP contribution in [-0.2, 0) is 72.3 Å². The molecule has 0 spiro atoms. The number of hydrogen-bond acceptors (Lipinski definition) is 21. The largest absolute Gasteiger partial charge is 0.474 e. The number of piperidine rings is 4. The Hall–Kier alpha value is -6.29. The number of primary amides is 1. The normalized spacial score (nSPS) is 22.1. The minimum atomic E-state index is -3.27. The predicted octanol–water partition coefficient (Wildman–Crippen LogP) is 7.14. The van der Waals surface area contributed by atoms with Crippen molar-refractivity contribution in [1.29, 1.82) is 0 Å². The van der Waals surface area contributed by atoms with Gasteiger partial charge in [0.25, 0.3) is 16.0 Å². The number of hydrogen-bond donors (Lipinski definition) is 2. The van der Waals surface area contributed by atoms with Crippen molar-refractivity contribution in [3.8, 4) is 36.4 Å². The molecule has 3 aromatic heterocycles. The maximum atomic E-state index is 11.0. The molecule has 9 aliphatic heterocycles. The number of nitrogens with one attached hydrogen (secondary N) is 1. The molecule has 3 aliphatic carbocycles. The molecule has 15 rings (SSSR count). The number of carbonyl (C=O) groups excluding carboxylic acids is 3. The van der Waals surface area contributed by atoms with Crippen molar-refractivity contribution < 1.29 is 41.2 Å². The zero-order chi connectivity index (χ0) is 73.7. The number of Topliss-reactive ketones (excluding diaryl/α,β-unsaturated/α-hetero) is 1. The van der Waals surface area contributed by atoms with E-state index in [9.17, 15) is 27.6 Å². The molecule has 12 heterocycles. The summed E-state index contributed by atoms with van der Waals surface area (Å²) in [6, 6.07) is 14.6. The van der Waals surface area contributed by atoms with Crippen molar-refractivity contribution in [1.82, 2.24) is 59.1 Å². The average Bonchev–Trinajstić information content (AvgIpc) is 1.73. The smallest absolute Gasteiger partial charge is 0.384 e. The first-order valence-electron chi connectivity index (χ1n) is 38.5. The van der Waals surface area contributed by atoms with Gasteiger partial charge in [-0.05, 0) is 161 Å². The second-order valence-electron chi connectivity index (χ2n) is 29.9. The fraction of sp³-hybridized carbons (Fsp3) is 0.696. The number of ketones is 1. The van der Waals surface area contributed by atoms with Crippen LogP contribution in [0.15, 0.2) is 53.0 Å². The molecule has 8 fully saturated rings. The highest BCUT2D eigenvalue weighted by Crippen LogP contribution is 2.32. The lowest BCUT2D eigenvalue weighted by Gasteiger charge is -2.41. The first-order chi connectivity index (χ1) is 49.6. The Morgan fingerprint density at radius 3 is 1.32 bits per heavy atom. The topological polar surface area (TPSA) is 236 Å². The molecular weight excluding hydrogens is 1320 g/mol.